The standard InChI is InChI=1S/C24H36F3N3O2/c1-32-16-10-22(23(28)31)19-7-5-18(6-8-19)9-11-29-12-14-30(15-13-29)21-4-2-3-20(17-21)24(25,26)27/h2-4,17-19,22H,5-16H2,1H3,(H2,28,31). The number of piperazine rings is 1. The van der Waals surface area contributed by atoms with Gasteiger partial charge in [-0.3, -0.25) is 9.69 Å². The fourth-order valence-corrected chi connectivity index (χ4v) is 5.21. The molecule has 2 aliphatic rings. The summed E-state index contributed by atoms with van der Waals surface area (Å²) in [4.78, 5) is 16.3. The molecular formula is C24H36F3N3O2. The zero-order valence-electron chi connectivity index (χ0n) is 18.9. The first-order valence-electron chi connectivity index (χ1n) is 11.7. The average Bonchev–Trinajstić information content (AvgIpc) is 2.78. The molecule has 180 valence electrons. The maximum atomic E-state index is 13.0. The summed E-state index contributed by atoms with van der Waals surface area (Å²) in [7, 11) is 1.65. The first-order valence-corrected chi connectivity index (χ1v) is 11.7. The molecule has 0 aromatic heterocycles. The summed E-state index contributed by atoms with van der Waals surface area (Å²) >= 11 is 0. The lowest BCUT2D eigenvalue weighted by atomic mass is 9.73. The van der Waals surface area contributed by atoms with E-state index in [2.05, 4.69) is 4.90 Å². The summed E-state index contributed by atoms with van der Waals surface area (Å²) in [5.74, 6) is 0.752. The SMILES string of the molecule is COCCC(C(N)=O)C1CCC(CCN2CCN(c3cccc(C(F)(F)F)c3)CC2)CC1. The number of hydrogen-bond acceptors (Lipinski definition) is 4. The Bertz CT molecular complexity index is 727. The first kappa shape index (κ1) is 24.8. The molecule has 1 saturated heterocycles. The summed E-state index contributed by atoms with van der Waals surface area (Å²) in [6.07, 6.45) is 1.89. The van der Waals surface area contributed by atoms with E-state index in [-0.39, 0.29) is 11.8 Å². The third-order valence-electron chi connectivity index (χ3n) is 7.22. The van der Waals surface area contributed by atoms with E-state index < -0.39 is 11.7 Å². The fraction of sp³-hybridized carbons (Fsp3) is 0.708. The monoisotopic (exact) mass is 455 g/mol. The van der Waals surface area contributed by atoms with Gasteiger partial charge in [-0.05, 0) is 62.3 Å². The van der Waals surface area contributed by atoms with Crippen LogP contribution in [-0.4, -0.2) is 57.2 Å². The van der Waals surface area contributed by atoms with Gasteiger partial charge < -0.3 is 15.4 Å². The highest BCUT2D eigenvalue weighted by molar-refractivity contribution is 5.76. The Morgan fingerprint density at radius 1 is 1.16 bits per heavy atom. The van der Waals surface area contributed by atoms with Crippen molar-refractivity contribution in [2.75, 3.05) is 51.3 Å². The normalized spacial score (nSPS) is 23.8. The van der Waals surface area contributed by atoms with Crippen LogP contribution in [0.4, 0.5) is 18.9 Å². The van der Waals surface area contributed by atoms with Gasteiger partial charge in [0.05, 0.1) is 5.56 Å². The van der Waals surface area contributed by atoms with Crippen LogP contribution in [0.5, 0.6) is 0 Å². The second-order valence-electron chi connectivity index (χ2n) is 9.24. The van der Waals surface area contributed by atoms with Crippen molar-refractivity contribution in [1.29, 1.82) is 0 Å². The summed E-state index contributed by atoms with van der Waals surface area (Å²) < 4.78 is 44.1. The van der Waals surface area contributed by atoms with Crippen molar-refractivity contribution in [3.8, 4) is 0 Å². The van der Waals surface area contributed by atoms with Gasteiger partial charge in [0.2, 0.25) is 5.91 Å². The van der Waals surface area contributed by atoms with E-state index in [9.17, 15) is 18.0 Å². The zero-order chi connectivity index (χ0) is 23.1. The number of nitrogens with zero attached hydrogens (tertiary/aromatic N) is 2. The molecule has 2 N–H and O–H groups in total. The number of hydrogen-bond donors (Lipinski definition) is 1. The lowest BCUT2D eigenvalue weighted by molar-refractivity contribution is -0.137. The number of alkyl halides is 3. The van der Waals surface area contributed by atoms with Crippen molar-refractivity contribution >= 4 is 11.6 Å². The molecule has 1 aliphatic heterocycles. The quantitative estimate of drug-likeness (QED) is 0.608. The predicted octanol–water partition coefficient (Wildman–Crippen LogP) is 4.16. The number of ether oxygens (including phenoxy) is 1. The number of amides is 1. The van der Waals surface area contributed by atoms with Crippen LogP contribution in [0.2, 0.25) is 0 Å². The van der Waals surface area contributed by atoms with E-state index in [1.165, 1.54) is 12.1 Å². The number of primary amides is 1. The van der Waals surface area contributed by atoms with Crippen LogP contribution >= 0.6 is 0 Å². The summed E-state index contributed by atoms with van der Waals surface area (Å²) in [5.41, 5.74) is 5.68. The Labute approximate surface area is 189 Å². The minimum absolute atomic E-state index is 0.0835. The predicted molar refractivity (Wildman–Crippen MR) is 119 cm³/mol. The number of methoxy groups -OCH3 is 1. The third-order valence-corrected chi connectivity index (χ3v) is 7.22. The molecular weight excluding hydrogens is 419 g/mol. The third kappa shape index (κ3) is 6.85. The van der Waals surface area contributed by atoms with Crippen LogP contribution in [0.15, 0.2) is 24.3 Å². The summed E-state index contributed by atoms with van der Waals surface area (Å²) in [6, 6.07) is 5.62. The fourth-order valence-electron chi connectivity index (χ4n) is 5.21. The minimum Gasteiger partial charge on any atom is -0.385 e. The number of carbonyl (C=O) groups excluding carboxylic acids is 1. The molecule has 0 bridgehead atoms. The highest BCUT2D eigenvalue weighted by atomic mass is 19.4. The van der Waals surface area contributed by atoms with E-state index in [0.717, 1.165) is 70.9 Å². The van der Waals surface area contributed by atoms with Gasteiger partial charge in [-0.2, -0.15) is 13.2 Å². The van der Waals surface area contributed by atoms with Crippen molar-refractivity contribution in [3.05, 3.63) is 29.8 Å². The lowest BCUT2D eigenvalue weighted by Crippen LogP contribution is -2.47. The van der Waals surface area contributed by atoms with Crippen molar-refractivity contribution in [1.82, 2.24) is 4.90 Å². The highest BCUT2D eigenvalue weighted by Crippen LogP contribution is 2.36. The van der Waals surface area contributed by atoms with E-state index in [1.54, 1.807) is 13.2 Å². The minimum atomic E-state index is -4.31. The Morgan fingerprint density at radius 2 is 1.84 bits per heavy atom. The van der Waals surface area contributed by atoms with Gasteiger partial charge in [0.15, 0.2) is 0 Å². The van der Waals surface area contributed by atoms with Gasteiger partial charge >= 0.3 is 6.18 Å². The van der Waals surface area contributed by atoms with Gasteiger partial charge in [-0.1, -0.05) is 18.9 Å². The van der Waals surface area contributed by atoms with E-state index >= 15 is 0 Å². The number of rotatable bonds is 9. The van der Waals surface area contributed by atoms with Crippen LogP contribution in [0.1, 0.15) is 44.1 Å². The number of halogens is 3. The zero-order valence-corrected chi connectivity index (χ0v) is 18.9. The van der Waals surface area contributed by atoms with Crippen molar-refractivity contribution in [3.63, 3.8) is 0 Å². The molecule has 1 unspecified atom stereocenters. The first-order chi connectivity index (χ1) is 15.3. The molecule has 1 aromatic carbocycles. The maximum Gasteiger partial charge on any atom is 0.416 e. The van der Waals surface area contributed by atoms with Crippen LogP contribution in [0.3, 0.4) is 0 Å². The highest BCUT2D eigenvalue weighted by Gasteiger charge is 2.32. The van der Waals surface area contributed by atoms with Crippen molar-refractivity contribution < 1.29 is 22.7 Å². The van der Waals surface area contributed by atoms with Gasteiger partial charge in [0, 0.05) is 51.5 Å². The average molecular weight is 456 g/mol. The molecule has 3 rings (SSSR count). The van der Waals surface area contributed by atoms with Crippen LogP contribution in [-0.2, 0) is 15.7 Å². The van der Waals surface area contributed by atoms with Crippen LogP contribution in [0, 0.1) is 17.8 Å². The molecule has 1 amide bonds. The maximum absolute atomic E-state index is 13.0. The molecule has 1 aliphatic carbocycles. The topological polar surface area (TPSA) is 58.8 Å². The number of nitrogens with two attached hydrogens (primary N) is 1. The van der Waals surface area contributed by atoms with Gasteiger partial charge in [0.1, 0.15) is 0 Å². The van der Waals surface area contributed by atoms with Crippen LogP contribution < -0.4 is 10.6 Å². The smallest absolute Gasteiger partial charge is 0.385 e. The number of carbonyl (C=O) groups is 1. The summed E-state index contributed by atoms with van der Waals surface area (Å²) in [5, 5.41) is 0. The lowest BCUT2D eigenvalue weighted by Gasteiger charge is -2.38. The molecule has 1 aromatic rings. The molecule has 32 heavy (non-hydrogen) atoms. The van der Waals surface area contributed by atoms with E-state index in [0.29, 0.717) is 30.6 Å². The molecule has 5 nitrogen and oxygen atoms in total. The van der Waals surface area contributed by atoms with Gasteiger partial charge in [0.25, 0.3) is 0 Å². The van der Waals surface area contributed by atoms with E-state index in [1.807, 2.05) is 4.90 Å². The molecule has 1 heterocycles. The second kappa shape index (κ2) is 11.4. The van der Waals surface area contributed by atoms with Gasteiger partial charge in [-0.15, -0.1) is 0 Å². The van der Waals surface area contributed by atoms with Crippen LogP contribution in [0.25, 0.3) is 0 Å². The Morgan fingerprint density at radius 3 is 2.44 bits per heavy atom. The van der Waals surface area contributed by atoms with Gasteiger partial charge in [-0.25, -0.2) is 0 Å². The number of anilines is 1. The molecule has 8 heteroatoms. The van der Waals surface area contributed by atoms with Crippen molar-refractivity contribution in [2.24, 2.45) is 23.5 Å². The molecule has 1 atom stereocenters. The molecule has 1 saturated carbocycles. The Kier molecular flexibility index (Phi) is 8.82. The number of benzene rings is 1. The van der Waals surface area contributed by atoms with Crippen molar-refractivity contribution in [2.45, 2.75) is 44.7 Å². The van der Waals surface area contributed by atoms with E-state index in [4.69, 9.17) is 10.5 Å². The molecule has 2 fully saturated rings. The Balaban J connectivity index is 1.39. The molecule has 0 spiro atoms. The summed E-state index contributed by atoms with van der Waals surface area (Å²) in [6.45, 7) is 4.81. The largest absolute Gasteiger partial charge is 0.416 e. The molecule has 0 radical (unpaired) electrons. The second-order valence-corrected chi connectivity index (χ2v) is 9.24. The Hall–Kier alpha value is -1.80.